The first kappa shape index (κ1) is 15.3. The van der Waals surface area contributed by atoms with Gasteiger partial charge < -0.3 is 15.3 Å². The van der Waals surface area contributed by atoms with Crippen molar-refractivity contribution in [3.05, 3.63) is 29.6 Å². The predicted molar refractivity (Wildman–Crippen MR) is 79.1 cm³/mol. The highest BCUT2D eigenvalue weighted by molar-refractivity contribution is 5.90. The molecule has 2 fully saturated rings. The van der Waals surface area contributed by atoms with E-state index in [1.54, 1.807) is 6.07 Å². The summed E-state index contributed by atoms with van der Waals surface area (Å²) >= 11 is 0. The number of carboxylic acids is 1. The number of halogens is 1. The summed E-state index contributed by atoms with van der Waals surface area (Å²) < 4.78 is 13.3. The Morgan fingerprint density at radius 1 is 1.48 bits per heavy atom. The Bertz CT molecular complexity index is 715. The lowest BCUT2D eigenvalue weighted by molar-refractivity contribution is -0.149. The van der Waals surface area contributed by atoms with E-state index < -0.39 is 23.2 Å². The second-order valence-electron chi connectivity index (χ2n) is 6.17. The zero-order chi connectivity index (χ0) is 16.6. The molecule has 0 aromatic heterocycles. The van der Waals surface area contributed by atoms with Gasteiger partial charge in [0.15, 0.2) is 0 Å². The first-order valence-electron chi connectivity index (χ1n) is 7.45. The molecule has 0 radical (unpaired) electrons. The molecule has 7 heteroatoms. The Morgan fingerprint density at radius 3 is 2.91 bits per heavy atom. The van der Waals surface area contributed by atoms with Crippen LogP contribution in [0.5, 0.6) is 0 Å². The van der Waals surface area contributed by atoms with E-state index in [9.17, 15) is 19.1 Å². The fourth-order valence-corrected chi connectivity index (χ4v) is 3.68. The number of nitriles is 1. The quantitative estimate of drug-likeness (QED) is 0.876. The van der Waals surface area contributed by atoms with Crippen LogP contribution in [0.3, 0.4) is 0 Å². The third kappa shape index (κ3) is 2.50. The molecule has 0 unspecified atom stereocenters. The molecule has 23 heavy (non-hydrogen) atoms. The summed E-state index contributed by atoms with van der Waals surface area (Å²) in [6.45, 7) is 0.593. The summed E-state index contributed by atoms with van der Waals surface area (Å²) in [4.78, 5) is 25.5. The van der Waals surface area contributed by atoms with E-state index in [1.807, 2.05) is 0 Å². The molecule has 1 aliphatic heterocycles. The Balaban J connectivity index is 1.73. The molecule has 1 heterocycles. The molecule has 1 saturated heterocycles. The number of hydrogen-bond acceptors (Lipinski definition) is 3. The third-order valence-corrected chi connectivity index (χ3v) is 4.92. The summed E-state index contributed by atoms with van der Waals surface area (Å²) in [5.74, 6) is -1.51. The molecule has 6 nitrogen and oxygen atoms in total. The van der Waals surface area contributed by atoms with E-state index >= 15 is 0 Å². The highest BCUT2D eigenvalue weighted by atomic mass is 19.1. The summed E-state index contributed by atoms with van der Waals surface area (Å²) in [7, 11) is 0. The van der Waals surface area contributed by atoms with Gasteiger partial charge in [0.25, 0.3) is 0 Å². The molecule has 2 aliphatic rings. The van der Waals surface area contributed by atoms with Gasteiger partial charge in [0.05, 0.1) is 11.0 Å². The van der Waals surface area contributed by atoms with Crippen molar-refractivity contribution in [3.8, 4) is 6.07 Å². The zero-order valence-electron chi connectivity index (χ0n) is 12.4. The van der Waals surface area contributed by atoms with Gasteiger partial charge in [-0.2, -0.15) is 5.26 Å². The number of nitrogens with zero attached hydrogens (tertiary/aromatic N) is 2. The first-order valence-corrected chi connectivity index (χ1v) is 7.45. The SMILES string of the molecule is N#Cc1cc(NC(=O)N2C[C@@H]3CCC[C@@]3(C(=O)O)C2)ccc1F. The van der Waals surface area contributed by atoms with Crippen molar-refractivity contribution in [1.29, 1.82) is 5.26 Å². The normalized spacial score (nSPS) is 25.7. The van der Waals surface area contributed by atoms with Gasteiger partial charge >= 0.3 is 12.0 Å². The maximum Gasteiger partial charge on any atom is 0.321 e. The highest BCUT2D eigenvalue weighted by Gasteiger charge is 2.55. The maximum atomic E-state index is 13.3. The van der Waals surface area contributed by atoms with Crippen molar-refractivity contribution in [1.82, 2.24) is 4.90 Å². The van der Waals surface area contributed by atoms with E-state index in [2.05, 4.69) is 5.32 Å². The van der Waals surface area contributed by atoms with Gasteiger partial charge in [-0.3, -0.25) is 4.79 Å². The molecule has 120 valence electrons. The van der Waals surface area contributed by atoms with Crippen molar-refractivity contribution in [2.24, 2.45) is 11.3 Å². The fourth-order valence-electron chi connectivity index (χ4n) is 3.68. The summed E-state index contributed by atoms with van der Waals surface area (Å²) in [5, 5.41) is 20.9. The van der Waals surface area contributed by atoms with Crippen LogP contribution in [0.4, 0.5) is 14.9 Å². The second-order valence-corrected chi connectivity index (χ2v) is 6.17. The highest BCUT2D eigenvalue weighted by Crippen LogP contribution is 2.48. The lowest BCUT2D eigenvalue weighted by Gasteiger charge is -2.23. The van der Waals surface area contributed by atoms with Crippen LogP contribution >= 0.6 is 0 Å². The minimum Gasteiger partial charge on any atom is -0.481 e. The lowest BCUT2D eigenvalue weighted by atomic mass is 9.81. The molecule has 0 spiro atoms. The average molecular weight is 317 g/mol. The van der Waals surface area contributed by atoms with Crippen molar-refractivity contribution < 1.29 is 19.1 Å². The van der Waals surface area contributed by atoms with Crippen LogP contribution in [-0.2, 0) is 4.79 Å². The number of amides is 2. The van der Waals surface area contributed by atoms with E-state index in [0.717, 1.165) is 18.9 Å². The van der Waals surface area contributed by atoms with Crippen LogP contribution in [-0.4, -0.2) is 35.1 Å². The number of carboxylic acid groups (broad SMARTS) is 1. The van der Waals surface area contributed by atoms with Crippen molar-refractivity contribution >= 4 is 17.7 Å². The van der Waals surface area contributed by atoms with Crippen molar-refractivity contribution in [2.75, 3.05) is 18.4 Å². The summed E-state index contributed by atoms with van der Waals surface area (Å²) in [6.07, 6.45) is 2.27. The zero-order valence-corrected chi connectivity index (χ0v) is 12.4. The first-order chi connectivity index (χ1) is 11.0. The number of aliphatic carboxylic acids is 1. The molecule has 2 N–H and O–H groups in total. The predicted octanol–water partition coefficient (Wildman–Crippen LogP) is 2.42. The molecular formula is C16H16FN3O3. The fraction of sp³-hybridized carbons (Fsp3) is 0.438. The molecular weight excluding hydrogens is 301 g/mol. The molecule has 2 amide bonds. The van der Waals surface area contributed by atoms with Crippen LogP contribution in [0.25, 0.3) is 0 Å². The smallest absolute Gasteiger partial charge is 0.321 e. The largest absolute Gasteiger partial charge is 0.481 e. The van der Waals surface area contributed by atoms with Crippen molar-refractivity contribution in [3.63, 3.8) is 0 Å². The van der Waals surface area contributed by atoms with Gasteiger partial charge in [0.1, 0.15) is 11.9 Å². The molecule has 1 aliphatic carbocycles. The molecule has 1 aromatic rings. The Hall–Kier alpha value is -2.62. The number of anilines is 1. The van der Waals surface area contributed by atoms with Gasteiger partial charge in [-0.05, 0) is 37.0 Å². The number of urea groups is 1. The molecule has 2 atom stereocenters. The Labute approximate surface area is 132 Å². The summed E-state index contributed by atoms with van der Waals surface area (Å²) in [5.41, 5.74) is -0.671. The molecule has 1 aromatic carbocycles. The van der Waals surface area contributed by atoms with E-state index in [-0.39, 0.29) is 18.0 Å². The number of fused-ring (bicyclic) bond motifs is 1. The molecule has 3 rings (SSSR count). The van der Waals surface area contributed by atoms with Gasteiger partial charge in [0.2, 0.25) is 0 Å². The van der Waals surface area contributed by atoms with Crippen LogP contribution in [0.15, 0.2) is 18.2 Å². The molecule has 1 saturated carbocycles. The van der Waals surface area contributed by atoms with E-state index in [4.69, 9.17) is 5.26 Å². The van der Waals surface area contributed by atoms with Crippen LogP contribution in [0.1, 0.15) is 24.8 Å². The minimum atomic E-state index is -0.844. The Kier molecular flexibility index (Phi) is 3.68. The monoisotopic (exact) mass is 317 g/mol. The van der Waals surface area contributed by atoms with E-state index in [1.165, 1.54) is 17.0 Å². The van der Waals surface area contributed by atoms with Gasteiger partial charge in [-0.15, -0.1) is 0 Å². The summed E-state index contributed by atoms with van der Waals surface area (Å²) in [6, 6.07) is 5.04. The van der Waals surface area contributed by atoms with Crippen LogP contribution in [0, 0.1) is 28.5 Å². The Morgan fingerprint density at radius 2 is 2.26 bits per heavy atom. The number of carbonyl (C=O) groups is 2. The average Bonchev–Trinajstić information content (AvgIpc) is 3.07. The number of benzene rings is 1. The van der Waals surface area contributed by atoms with Crippen molar-refractivity contribution in [2.45, 2.75) is 19.3 Å². The number of likely N-dealkylation sites (tertiary alicyclic amines) is 1. The van der Waals surface area contributed by atoms with Crippen LogP contribution in [0.2, 0.25) is 0 Å². The minimum absolute atomic E-state index is 0.0198. The van der Waals surface area contributed by atoms with Crippen LogP contribution < -0.4 is 5.32 Å². The van der Waals surface area contributed by atoms with Gasteiger partial charge in [-0.1, -0.05) is 6.42 Å². The van der Waals surface area contributed by atoms with Gasteiger partial charge in [0, 0.05) is 18.8 Å². The second kappa shape index (κ2) is 5.54. The molecule has 0 bridgehead atoms. The number of hydrogen-bond donors (Lipinski definition) is 2. The standard InChI is InChI=1S/C16H16FN3O3/c17-13-4-3-12(6-10(13)7-18)19-15(23)20-8-11-2-1-5-16(11,9-20)14(21)22/h3-4,6,11H,1-2,5,8-9H2,(H,19,23)(H,21,22)/t11-,16+/m0/s1. The maximum absolute atomic E-state index is 13.3. The lowest BCUT2D eigenvalue weighted by Crippen LogP contribution is -2.38. The van der Waals surface area contributed by atoms with E-state index in [0.29, 0.717) is 18.7 Å². The number of rotatable bonds is 2. The number of carbonyl (C=O) groups excluding carboxylic acids is 1. The van der Waals surface area contributed by atoms with Gasteiger partial charge in [-0.25, -0.2) is 9.18 Å². The topological polar surface area (TPSA) is 93.4 Å². The third-order valence-electron chi connectivity index (χ3n) is 4.92. The number of nitrogens with one attached hydrogen (secondary N) is 1.